The van der Waals surface area contributed by atoms with Crippen LogP contribution in [0.15, 0.2) is 0 Å². The van der Waals surface area contributed by atoms with Gasteiger partial charge in [0, 0.05) is 0 Å². The van der Waals surface area contributed by atoms with Crippen LogP contribution in [0.2, 0.25) is 0 Å². The zero-order valence-corrected chi connectivity index (χ0v) is 9.80. The Balaban J connectivity index is 6.08. The fraction of sp³-hybridized carbons (Fsp3) is 1.00. The van der Waals surface area contributed by atoms with Gasteiger partial charge in [0.1, 0.15) is 0 Å². The molecule has 0 saturated heterocycles. The Morgan fingerprint density at radius 1 is 0.350 bits per heavy atom. The Labute approximate surface area is 111 Å². The molecule has 0 rings (SSSR count). The van der Waals surface area contributed by atoms with Crippen molar-refractivity contribution in [2.24, 2.45) is 0 Å². The lowest BCUT2D eigenvalue weighted by Gasteiger charge is -2.38. The van der Waals surface area contributed by atoms with Gasteiger partial charge in [-0.15, -0.1) is 0 Å². The molecule has 0 saturated carbocycles. The molecule has 0 aromatic carbocycles. The van der Waals surface area contributed by atoms with E-state index in [1.165, 1.54) is 0 Å². The van der Waals surface area contributed by atoms with Crippen LogP contribution in [-0.4, -0.2) is 34.5 Å². The fourth-order valence-electron chi connectivity index (χ4n) is 0.750. The van der Waals surface area contributed by atoms with Crippen LogP contribution in [0.25, 0.3) is 0 Å². The molecule has 0 aliphatic rings. The smallest absolute Gasteiger partial charge is 0.192 e. The number of hydrogen-bond donors (Lipinski definition) is 0. The van der Waals surface area contributed by atoms with Gasteiger partial charge in [-0.2, -0.15) is 52.7 Å². The second-order valence-corrected chi connectivity index (χ2v) is 4.24. The lowest BCUT2D eigenvalue weighted by Crippen LogP contribution is -2.69. The van der Waals surface area contributed by atoms with E-state index in [0.717, 1.165) is 0 Å². The third-order valence-electron chi connectivity index (χ3n) is 1.90. The lowest BCUT2D eigenvalue weighted by molar-refractivity contribution is -0.407. The molecule has 0 unspecified atom stereocenters. The second kappa shape index (κ2) is 4.62. The summed E-state index contributed by atoms with van der Waals surface area (Å²) in [6.45, 7) is 0. The van der Waals surface area contributed by atoms with Crippen LogP contribution in [0.4, 0.5) is 52.7 Å². The zero-order chi connectivity index (χ0) is 17.0. The van der Waals surface area contributed by atoms with Crippen LogP contribution >= 0.6 is 23.2 Å². The van der Waals surface area contributed by atoms with Crippen LogP contribution in [-0.2, 0) is 0 Å². The minimum absolute atomic E-state index is 3.42. The van der Waals surface area contributed by atoms with E-state index < -0.39 is 34.5 Å². The highest BCUT2D eigenvalue weighted by molar-refractivity contribution is 6.22. The Kier molecular flexibility index (Phi) is 4.56. The third-order valence-corrected chi connectivity index (χ3v) is 2.37. The Hall–Kier alpha value is -0.260. The van der Waals surface area contributed by atoms with Crippen LogP contribution in [0.1, 0.15) is 0 Å². The molecule has 20 heavy (non-hydrogen) atoms. The van der Waals surface area contributed by atoms with E-state index in [1.807, 2.05) is 0 Å². The highest BCUT2D eigenvalue weighted by atomic mass is 35.5. The van der Waals surface area contributed by atoms with E-state index in [0.29, 0.717) is 0 Å². The molecule has 0 fully saturated rings. The van der Waals surface area contributed by atoms with Crippen LogP contribution in [0.3, 0.4) is 0 Å². The average Bonchev–Trinajstić information content (AvgIpc) is 2.12. The maximum atomic E-state index is 12.6. The summed E-state index contributed by atoms with van der Waals surface area (Å²) < 4.78 is 148. The van der Waals surface area contributed by atoms with Gasteiger partial charge < -0.3 is 0 Å². The normalized spacial score (nSPS) is 16.5. The number of halogens is 14. The summed E-state index contributed by atoms with van der Waals surface area (Å²) in [5.74, 6) is -29.9. The Morgan fingerprint density at radius 2 is 0.500 bits per heavy atom. The van der Waals surface area contributed by atoms with Crippen molar-refractivity contribution in [3.63, 3.8) is 0 Å². The van der Waals surface area contributed by atoms with Crippen molar-refractivity contribution in [3.05, 3.63) is 0 Å². The highest BCUT2D eigenvalue weighted by Gasteiger charge is 2.90. The maximum absolute atomic E-state index is 12.6. The molecule has 0 spiro atoms. The van der Waals surface area contributed by atoms with Crippen LogP contribution in [0.5, 0.6) is 0 Å². The van der Waals surface area contributed by atoms with Crippen LogP contribution in [0, 0.1) is 0 Å². The number of alkyl halides is 14. The second-order valence-electron chi connectivity index (χ2n) is 3.29. The van der Waals surface area contributed by atoms with Crippen molar-refractivity contribution in [1.82, 2.24) is 0 Å². The van der Waals surface area contributed by atoms with Gasteiger partial charge in [-0.25, -0.2) is 0 Å². The molecule has 0 amide bonds. The molecule has 14 heteroatoms. The molecule has 0 bridgehead atoms. The van der Waals surface area contributed by atoms with E-state index in [2.05, 4.69) is 23.2 Å². The Bertz CT molecular complexity index is 327. The van der Waals surface area contributed by atoms with Gasteiger partial charge in [-0.1, -0.05) is 0 Å². The summed E-state index contributed by atoms with van der Waals surface area (Å²) in [5, 5.41) is -12.9. The molecule has 0 heterocycles. The van der Waals surface area contributed by atoms with Gasteiger partial charge in [0.05, 0.1) is 0 Å². The van der Waals surface area contributed by atoms with Gasteiger partial charge in [-0.05, 0) is 23.2 Å². The summed E-state index contributed by atoms with van der Waals surface area (Å²) in [7, 11) is 0. The summed E-state index contributed by atoms with van der Waals surface area (Å²) in [6.07, 6.45) is 0. The quantitative estimate of drug-likeness (QED) is 0.461. The molecule has 0 nitrogen and oxygen atoms in total. The van der Waals surface area contributed by atoms with Gasteiger partial charge in [0.15, 0.2) is 0 Å². The first-order valence-corrected chi connectivity index (χ1v) is 4.65. The topological polar surface area (TPSA) is 0 Å². The van der Waals surface area contributed by atoms with Gasteiger partial charge >= 0.3 is 34.5 Å². The minimum Gasteiger partial charge on any atom is -0.192 e. The lowest BCUT2D eigenvalue weighted by atomic mass is 9.98. The molecule has 0 radical (unpaired) electrons. The van der Waals surface area contributed by atoms with Crippen molar-refractivity contribution < 1.29 is 52.7 Å². The number of hydrogen-bond acceptors (Lipinski definition) is 0. The summed E-state index contributed by atoms with van der Waals surface area (Å²) in [6, 6.07) is 0. The van der Waals surface area contributed by atoms with E-state index in [4.69, 9.17) is 0 Å². The van der Waals surface area contributed by atoms with Crippen LogP contribution < -0.4 is 0 Å². The first-order chi connectivity index (χ1) is 8.25. The first kappa shape index (κ1) is 19.7. The molecule has 0 atom stereocenters. The highest BCUT2D eigenvalue weighted by Crippen LogP contribution is 2.61. The fourth-order valence-corrected chi connectivity index (χ4v) is 0.988. The largest absolute Gasteiger partial charge is 0.393 e. The molecule has 0 N–H and O–H groups in total. The van der Waals surface area contributed by atoms with Crippen molar-refractivity contribution in [2.75, 3.05) is 0 Å². The standard InChI is InChI=1S/C6Cl2F12/c7-5(17,18)3(13,14)1(9,10)2(11,12)4(15,16)6(8,19)20. The average molecular weight is 371 g/mol. The summed E-state index contributed by atoms with van der Waals surface area (Å²) >= 11 is 6.84. The summed E-state index contributed by atoms with van der Waals surface area (Å²) in [4.78, 5) is 0. The van der Waals surface area contributed by atoms with Gasteiger partial charge in [0.25, 0.3) is 0 Å². The van der Waals surface area contributed by atoms with Crippen molar-refractivity contribution in [1.29, 1.82) is 0 Å². The molecule has 0 aliphatic carbocycles. The monoisotopic (exact) mass is 370 g/mol. The third kappa shape index (κ3) is 2.48. The molecule has 0 aliphatic heterocycles. The van der Waals surface area contributed by atoms with E-state index >= 15 is 0 Å². The predicted octanol–water partition coefficient (Wildman–Crippen LogP) is 5.19. The van der Waals surface area contributed by atoms with Gasteiger partial charge in [-0.3, -0.25) is 0 Å². The Morgan fingerprint density at radius 3 is 0.600 bits per heavy atom. The predicted molar refractivity (Wildman–Crippen MR) is 41.4 cm³/mol. The number of rotatable bonds is 5. The SMILES string of the molecule is FC(F)(Cl)C(F)(F)C(F)(F)C(F)(F)C(F)(F)C(F)(F)Cl. The van der Waals surface area contributed by atoms with Crippen molar-refractivity contribution >= 4 is 23.2 Å². The zero-order valence-electron chi connectivity index (χ0n) is 8.29. The van der Waals surface area contributed by atoms with E-state index in [1.54, 1.807) is 0 Å². The minimum atomic E-state index is -7.65. The molecular weight excluding hydrogens is 371 g/mol. The summed E-state index contributed by atoms with van der Waals surface area (Å²) in [5.41, 5.74) is 0. The maximum Gasteiger partial charge on any atom is 0.393 e. The molecule has 0 aromatic rings. The van der Waals surface area contributed by atoms with E-state index in [9.17, 15) is 52.7 Å². The van der Waals surface area contributed by atoms with Crippen molar-refractivity contribution in [2.45, 2.75) is 34.5 Å². The van der Waals surface area contributed by atoms with Crippen molar-refractivity contribution in [3.8, 4) is 0 Å². The molecule has 122 valence electrons. The van der Waals surface area contributed by atoms with E-state index in [-0.39, 0.29) is 0 Å². The first-order valence-electron chi connectivity index (χ1n) is 3.90. The van der Waals surface area contributed by atoms with Gasteiger partial charge in [0.2, 0.25) is 0 Å². The molecular formula is C6Cl2F12. The molecule has 0 aromatic heterocycles.